The van der Waals surface area contributed by atoms with Crippen molar-refractivity contribution in [2.24, 2.45) is 5.92 Å². The number of alkyl halides is 6. The molecule has 0 saturated carbocycles. The van der Waals surface area contributed by atoms with E-state index in [-0.39, 0.29) is 20.9 Å². The van der Waals surface area contributed by atoms with Crippen molar-refractivity contribution < 1.29 is 26.3 Å². The molecule has 214 valence electrons. The van der Waals surface area contributed by atoms with Crippen LogP contribution in [-0.4, -0.2) is 17.8 Å². The van der Waals surface area contributed by atoms with Crippen molar-refractivity contribution in [3.8, 4) is 20.9 Å². The minimum absolute atomic E-state index is 0.262. The van der Waals surface area contributed by atoms with Crippen LogP contribution in [0, 0.1) is 19.8 Å². The third-order valence-corrected chi connectivity index (χ3v) is 9.75. The lowest BCUT2D eigenvalue weighted by Gasteiger charge is -2.25. The van der Waals surface area contributed by atoms with E-state index in [0.717, 1.165) is 34.7 Å². The van der Waals surface area contributed by atoms with Crippen LogP contribution < -0.4 is 0 Å². The second kappa shape index (κ2) is 10.6. The lowest BCUT2D eigenvalue weighted by Crippen LogP contribution is -2.48. The van der Waals surface area contributed by atoms with Crippen LogP contribution in [0.2, 0.25) is 0 Å². The van der Waals surface area contributed by atoms with Gasteiger partial charge in [0.15, 0.2) is 0 Å². The second-order valence-corrected chi connectivity index (χ2v) is 12.9. The maximum atomic E-state index is 15.5. The quantitative estimate of drug-likeness (QED) is 0.185. The van der Waals surface area contributed by atoms with Gasteiger partial charge in [-0.1, -0.05) is 87.0 Å². The lowest BCUT2D eigenvalue weighted by atomic mass is 9.94. The summed E-state index contributed by atoms with van der Waals surface area (Å²) in [5, 5.41) is 0. The van der Waals surface area contributed by atoms with Crippen LogP contribution in [0.15, 0.2) is 72.8 Å². The highest BCUT2D eigenvalue weighted by Gasteiger charge is 2.80. The summed E-state index contributed by atoms with van der Waals surface area (Å²) in [6.07, 6.45) is 5.09. The number of allylic oxidation sites excluding steroid dienone is 3. The Kier molecular flexibility index (Phi) is 7.62. The van der Waals surface area contributed by atoms with E-state index in [1.165, 1.54) is 26.0 Å². The molecule has 0 spiro atoms. The highest BCUT2D eigenvalue weighted by Crippen LogP contribution is 2.66. The molecule has 2 aromatic carbocycles. The van der Waals surface area contributed by atoms with Gasteiger partial charge in [0.25, 0.3) is 0 Å². The maximum absolute atomic E-state index is 15.5. The molecule has 1 atom stereocenters. The largest absolute Gasteiger partial charge is 0.380 e. The zero-order valence-electron chi connectivity index (χ0n) is 22.9. The van der Waals surface area contributed by atoms with Crippen molar-refractivity contribution in [3.05, 3.63) is 99.3 Å². The molecule has 0 N–H and O–H groups in total. The minimum atomic E-state index is -5.59. The van der Waals surface area contributed by atoms with Crippen LogP contribution in [0.5, 0.6) is 0 Å². The summed E-state index contributed by atoms with van der Waals surface area (Å²) in [5.74, 6) is -15.3. The molecule has 0 nitrogen and oxygen atoms in total. The zero-order valence-corrected chi connectivity index (χ0v) is 24.5. The van der Waals surface area contributed by atoms with Crippen molar-refractivity contribution in [2.75, 3.05) is 0 Å². The second-order valence-electron chi connectivity index (χ2n) is 10.4. The molecule has 0 saturated heterocycles. The zero-order chi connectivity index (χ0) is 29.7. The molecule has 2 aromatic heterocycles. The van der Waals surface area contributed by atoms with Gasteiger partial charge < -0.3 is 0 Å². The molecule has 4 aromatic rings. The van der Waals surface area contributed by atoms with Gasteiger partial charge in [-0.15, -0.1) is 22.7 Å². The lowest BCUT2D eigenvalue weighted by molar-refractivity contribution is -0.254. The fraction of sp³-hybridized carbons (Fsp3) is 0.273. The molecule has 0 bridgehead atoms. The topological polar surface area (TPSA) is 0 Å². The molecule has 0 aliphatic heterocycles. The number of aryl methyl sites for hydroxylation is 2. The van der Waals surface area contributed by atoms with E-state index in [0.29, 0.717) is 26.8 Å². The van der Waals surface area contributed by atoms with Gasteiger partial charge in [-0.25, -0.2) is 0 Å². The van der Waals surface area contributed by atoms with Crippen molar-refractivity contribution in [3.63, 3.8) is 0 Å². The van der Waals surface area contributed by atoms with Gasteiger partial charge in [-0.2, -0.15) is 26.3 Å². The number of rotatable bonds is 7. The third kappa shape index (κ3) is 4.89. The average molecular weight is 603 g/mol. The summed E-state index contributed by atoms with van der Waals surface area (Å²) >= 11 is 2.22. The normalized spacial score (nSPS) is 18.4. The van der Waals surface area contributed by atoms with Gasteiger partial charge in [0.05, 0.1) is 0 Å². The summed E-state index contributed by atoms with van der Waals surface area (Å²) in [4.78, 5) is 1.59. The van der Waals surface area contributed by atoms with Crippen molar-refractivity contribution >= 4 is 39.9 Å². The summed E-state index contributed by atoms with van der Waals surface area (Å²) in [6.45, 7) is 7.19. The molecular formula is C33H28F6S2. The smallest absolute Gasteiger partial charge is 0.194 e. The fourth-order valence-corrected chi connectivity index (χ4v) is 7.01. The standard InChI is InChI=1S/C33H28F6S2/c1-5-19(2)11-12-22-13-15-24(16-14-22)28-18-26(21(4)41-28)30-29(31(34,35)33(38,39)32(30,36)37)25-17-27(40-20(25)3)23-9-7-6-8-10-23/h6-19H,5H2,1-4H3/b12-11+/t19-/m0/s1. The molecule has 0 fully saturated rings. The molecule has 0 unspecified atom stereocenters. The number of hydrogen-bond acceptors (Lipinski definition) is 2. The molecule has 5 rings (SSSR count). The number of halogens is 6. The van der Waals surface area contributed by atoms with E-state index in [2.05, 4.69) is 19.9 Å². The van der Waals surface area contributed by atoms with Gasteiger partial charge in [-0.05, 0) is 59.7 Å². The van der Waals surface area contributed by atoms with E-state index in [4.69, 9.17) is 0 Å². The fourth-order valence-electron chi connectivity index (χ4n) is 4.95. The Balaban J connectivity index is 1.65. The predicted octanol–water partition coefficient (Wildman–Crippen LogP) is 11.7. The predicted molar refractivity (Wildman–Crippen MR) is 159 cm³/mol. The Hall–Kier alpha value is -3.10. The van der Waals surface area contributed by atoms with Crippen molar-refractivity contribution in [1.29, 1.82) is 0 Å². The van der Waals surface area contributed by atoms with Gasteiger partial charge in [0, 0.05) is 30.7 Å². The van der Waals surface area contributed by atoms with E-state index >= 15 is 17.6 Å². The van der Waals surface area contributed by atoms with E-state index in [1.807, 2.05) is 30.3 Å². The first-order chi connectivity index (χ1) is 19.3. The monoisotopic (exact) mass is 602 g/mol. The molecule has 8 heteroatoms. The molecular weight excluding hydrogens is 574 g/mol. The molecule has 2 heterocycles. The molecule has 1 aliphatic carbocycles. The van der Waals surface area contributed by atoms with Gasteiger partial charge in [0.2, 0.25) is 0 Å². The van der Waals surface area contributed by atoms with Crippen molar-refractivity contribution in [2.45, 2.75) is 51.9 Å². The summed E-state index contributed by atoms with van der Waals surface area (Å²) < 4.78 is 91.8. The molecule has 1 aliphatic rings. The summed E-state index contributed by atoms with van der Waals surface area (Å²) in [5.41, 5.74) is -0.848. The maximum Gasteiger partial charge on any atom is 0.380 e. The third-order valence-electron chi connectivity index (χ3n) is 7.56. The first kappa shape index (κ1) is 29.4. The van der Waals surface area contributed by atoms with E-state index < -0.39 is 28.9 Å². The molecule has 41 heavy (non-hydrogen) atoms. The van der Waals surface area contributed by atoms with Crippen LogP contribution in [-0.2, 0) is 0 Å². The van der Waals surface area contributed by atoms with Crippen molar-refractivity contribution in [1.82, 2.24) is 0 Å². The summed E-state index contributed by atoms with van der Waals surface area (Å²) in [7, 11) is 0. The molecule has 0 radical (unpaired) electrons. The number of benzene rings is 2. The SMILES string of the molecule is CC[C@H](C)/C=C/c1ccc(-c2cc(C3=C(c4cc(-c5ccccc5)sc4C)C(F)(F)C(F)(F)C3(F)F)c(C)s2)cc1. The number of thiophene rings is 2. The van der Waals surface area contributed by atoms with Crippen LogP contribution in [0.4, 0.5) is 26.3 Å². The van der Waals surface area contributed by atoms with Crippen LogP contribution >= 0.6 is 22.7 Å². The summed E-state index contributed by atoms with van der Waals surface area (Å²) in [6, 6.07) is 18.8. The highest BCUT2D eigenvalue weighted by atomic mass is 32.1. The Morgan fingerprint density at radius 1 is 0.707 bits per heavy atom. The first-order valence-corrected chi connectivity index (χ1v) is 14.9. The van der Waals surface area contributed by atoms with E-state index in [9.17, 15) is 8.78 Å². The minimum Gasteiger partial charge on any atom is -0.194 e. The highest BCUT2D eigenvalue weighted by molar-refractivity contribution is 7.16. The Morgan fingerprint density at radius 2 is 1.17 bits per heavy atom. The first-order valence-electron chi connectivity index (χ1n) is 13.2. The Morgan fingerprint density at radius 3 is 1.63 bits per heavy atom. The average Bonchev–Trinajstić information content (AvgIpc) is 3.54. The van der Waals surface area contributed by atoms with Crippen LogP contribution in [0.25, 0.3) is 38.1 Å². The van der Waals surface area contributed by atoms with Crippen LogP contribution in [0.1, 0.15) is 46.7 Å². The molecule has 0 amide bonds. The van der Waals surface area contributed by atoms with Gasteiger partial charge in [0.1, 0.15) is 0 Å². The van der Waals surface area contributed by atoms with E-state index in [1.54, 1.807) is 30.3 Å². The number of hydrogen-bond donors (Lipinski definition) is 0. The van der Waals surface area contributed by atoms with Gasteiger partial charge in [-0.3, -0.25) is 0 Å². The van der Waals surface area contributed by atoms with Gasteiger partial charge >= 0.3 is 17.8 Å². The Labute approximate surface area is 243 Å². The van der Waals surface area contributed by atoms with Crippen LogP contribution in [0.3, 0.4) is 0 Å². The Bertz CT molecular complexity index is 1620.